The first-order chi connectivity index (χ1) is 8.43. The fourth-order valence-electron chi connectivity index (χ4n) is 2.22. The summed E-state index contributed by atoms with van der Waals surface area (Å²) in [5.41, 5.74) is 0. The quantitative estimate of drug-likeness (QED) is 0.854. The second-order valence-corrected chi connectivity index (χ2v) is 4.36. The van der Waals surface area contributed by atoms with Gasteiger partial charge >= 0.3 is 0 Å². The molecular weight excluding hydrogens is 218 g/mol. The maximum absolute atomic E-state index is 5.33. The van der Waals surface area contributed by atoms with Gasteiger partial charge in [-0.15, -0.1) is 5.10 Å². The molecule has 0 bridgehead atoms. The number of aromatic nitrogens is 4. The molecule has 2 aromatic heterocycles. The molecule has 1 fully saturated rings. The first-order valence-corrected chi connectivity index (χ1v) is 5.94. The van der Waals surface area contributed by atoms with Crippen LogP contribution in [-0.4, -0.2) is 33.3 Å². The van der Waals surface area contributed by atoms with Crippen molar-refractivity contribution in [2.45, 2.75) is 19.4 Å². The van der Waals surface area contributed by atoms with Crippen molar-refractivity contribution < 1.29 is 4.42 Å². The van der Waals surface area contributed by atoms with Crippen LogP contribution >= 0.6 is 0 Å². The monoisotopic (exact) mass is 233 g/mol. The minimum atomic E-state index is 0.647. The Bertz CT molecular complexity index is 458. The van der Waals surface area contributed by atoms with E-state index >= 15 is 0 Å². The number of piperidine rings is 1. The molecule has 0 unspecified atom stereocenters. The molecule has 0 aromatic carbocycles. The third-order valence-electron chi connectivity index (χ3n) is 3.16. The van der Waals surface area contributed by atoms with Crippen LogP contribution in [0.5, 0.6) is 0 Å². The minimum Gasteiger partial charge on any atom is -0.461 e. The molecule has 6 nitrogen and oxygen atoms in total. The van der Waals surface area contributed by atoms with Crippen LogP contribution in [-0.2, 0) is 6.54 Å². The highest BCUT2D eigenvalue weighted by atomic mass is 16.3. The Morgan fingerprint density at radius 1 is 1.41 bits per heavy atom. The number of nitrogens with zero attached hydrogens (tertiary/aromatic N) is 4. The molecule has 17 heavy (non-hydrogen) atoms. The molecule has 1 aliphatic rings. The number of tetrazole rings is 1. The Morgan fingerprint density at radius 3 is 3.06 bits per heavy atom. The molecule has 0 atom stereocenters. The van der Waals surface area contributed by atoms with E-state index in [4.69, 9.17) is 4.42 Å². The second kappa shape index (κ2) is 4.67. The number of rotatable bonds is 3. The van der Waals surface area contributed by atoms with E-state index in [2.05, 4.69) is 20.8 Å². The first kappa shape index (κ1) is 10.5. The zero-order valence-corrected chi connectivity index (χ0v) is 9.54. The van der Waals surface area contributed by atoms with Gasteiger partial charge in [0, 0.05) is 6.54 Å². The summed E-state index contributed by atoms with van der Waals surface area (Å²) in [5.74, 6) is 2.09. The molecule has 3 heterocycles. The smallest absolute Gasteiger partial charge is 0.217 e. The first-order valence-electron chi connectivity index (χ1n) is 5.94. The number of nitrogens with one attached hydrogen (secondary N) is 1. The lowest BCUT2D eigenvalue weighted by Crippen LogP contribution is -2.30. The standard InChI is InChI=1S/C11H15N5O/c1-2-10(17-7-1)11-13-14-15-16(11)8-9-3-5-12-6-4-9/h1-2,7,9,12H,3-6,8H2. The van der Waals surface area contributed by atoms with Crippen molar-refractivity contribution in [1.29, 1.82) is 0 Å². The third kappa shape index (κ3) is 2.21. The summed E-state index contributed by atoms with van der Waals surface area (Å²) in [6.45, 7) is 3.04. The predicted octanol–water partition coefficient (Wildman–Crippen LogP) is 0.933. The van der Waals surface area contributed by atoms with Gasteiger partial charge in [-0.2, -0.15) is 0 Å². The van der Waals surface area contributed by atoms with E-state index in [-0.39, 0.29) is 0 Å². The molecule has 0 saturated carbocycles. The zero-order chi connectivity index (χ0) is 11.5. The molecule has 0 radical (unpaired) electrons. The molecule has 1 N–H and O–H groups in total. The van der Waals surface area contributed by atoms with Crippen LogP contribution in [0.2, 0.25) is 0 Å². The summed E-state index contributed by atoms with van der Waals surface area (Å²) in [5, 5.41) is 15.1. The number of hydrogen-bond donors (Lipinski definition) is 1. The summed E-state index contributed by atoms with van der Waals surface area (Å²) in [6.07, 6.45) is 3.99. The van der Waals surface area contributed by atoms with Crippen LogP contribution in [0.4, 0.5) is 0 Å². The molecule has 2 aromatic rings. The van der Waals surface area contributed by atoms with Gasteiger partial charge < -0.3 is 9.73 Å². The highest BCUT2D eigenvalue weighted by Crippen LogP contribution is 2.19. The van der Waals surface area contributed by atoms with E-state index in [0.717, 1.165) is 25.4 Å². The summed E-state index contributed by atoms with van der Waals surface area (Å²) < 4.78 is 7.17. The molecule has 0 aliphatic carbocycles. The van der Waals surface area contributed by atoms with Gasteiger partial charge in [0.1, 0.15) is 0 Å². The van der Waals surface area contributed by atoms with Crippen molar-refractivity contribution >= 4 is 0 Å². The van der Waals surface area contributed by atoms with Gasteiger partial charge in [-0.05, 0) is 54.4 Å². The average Bonchev–Trinajstić information content (AvgIpc) is 3.00. The summed E-state index contributed by atoms with van der Waals surface area (Å²) in [7, 11) is 0. The van der Waals surface area contributed by atoms with Crippen LogP contribution in [0.3, 0.4) is 0 Å². The van der Waals surface area contributed by atoms with Gasteiger partial charge in [0.25, 0.3) is 0 Å². The van der Waals surface area contributed by atoms with Gasteiger partial charge in [-0.1, -0.05) is 0 Å². The zero-order valence-electron chi connectivity index (χ0n) is 9.54. The highest BCUT2D eigenvalue weighted by Gasteiger charge is 2.18. The largest absolute Gasteiger partial charge is 0.461 e. The SMILES string of the molecule is c1coc(-c2nnnn2CC2CCNCC2)c1. The molecule has 3 rings (SSSR count). The predicted molar refractivity (Wildman–Crippen MR) is 61.1 cm³/mol. The normalized spacial score (nSPS) is 17.4. The maximum atomic E-state index is 5.33. The lowest BCUT2D eigenvalue weighted by atomic mass is 9.98. The summed E-state index contributed by atoms with van der Waals surface area (Å²) >= 11 is 0. The second-order valence-electron chi connectivity index (χ2n) is 4.36. The molecule has 1 saturated heterocycles. The fourth-order valence-corrected chi connectivity index (χ4v) is 2.22. The Hall–Kier alpha value is -1.69. The van der Waals surface area contributed by atoms with E-state index in [1.54, 1.807) is 6.26 Å². The van der Waals surface area contributed by atoms with Crippen molar-refractivity contribution in [3.8, 4) is 11.6 Å². The van der Waals surface area contributed by atoms with Gasteiger partial charge in [0.05, 0.1) is 6.26 Å². The third-order valence-corrected chi connectivity index (χ3v) is 3.16. The van der Waals surface area contributed by atoms with Crippen LogP contribution in [0, 0.1) is 5.92 Å². The Morgan fingerprint density at radius 2 is 2.29 bits per heavy atom. The van der Waals surface area contributed by atoms with Crippen LogP contribution < -0.4 is 5.32 Å². The fraction of sp³-hybridized carbons (Fsp3) is 0.545. The van der Waals surface area contributed by atoms with Gasteiger partial charge in [0.2, 0.25) is 5.82 Å². The molecule has 0 amide bonds. The topological polar surface area (TPSA) is 68.8 Å². The maximum Gasteiger partial charge on any atom is 0.217 e. The number of furan rings is 1. The van der Waals surface area contributed by atoms with Gasteiger partial charge in [-0.3, -0.25) is 0 Å². The van der Waals surface area contributed by atoms with E-state index in [0.29, 0.717) is 11.7 Å². The van der Waals surface area contributed by atoms with Crippen LogP contribution in [0.1, 0.15) is 12.8 Å². The van der Waals surface area contributed by atoms with E-state index in [1.165, 1.54) is 12.8 Å². The summed E-state index contributed by atoms with van der Waals surface area (Å²) in [6, 6.07) is 3.73. The molecule has 6 heteroatoms. The number of hydrogen-bond acceptors (Lipinski definition) is 5. The lowest BCUT2D eigenvalue weighted by molar-refractivity contribution is 0.319. The van der Waals surface area contributed by atoms with Crippen molar-refractivity contribution in [1.82, 2.24) is 25.5 Å². The summed E-state index contributed by atoms with van der Waals surface area (Å²) in [4.78, 5) is 0. The lowest BCUT2D eigenvalue weighted by Gasteiger charge is -2.22. The van der Waals surface area contributed by atoms with Crippen LogP contribution in [0.15, 0.2) is 22.8 Å². The van der Waals surface area contributed by atoms with E-state index in [1.807, 2.05) is 16.8 Å². The minimum absolute atomic E-state index is 0.647. The van der Waals surface area contributed by atoms with Crippen molar-refractivity contribution in [2.75, 3.05) is 13.1 Å². The molecular formula is C11H15N5O. The van der Waals surface area contributed by atoms with Crippen molar-refractivity contribution in [2.24, 2.45) is 5.92 Å². The highest BCUT2D eigenvalue weighted by molar-refractivity contribution is 5.44. The van der Waals surface area contributed by atoms with Gasteiger partial charge in [0.15, 0.2) is 5.76 Å². The average molecular weight is 233 g/mol. The Labute approximate surface area is 99.0 Å². The molecule has 90 valence electrons. The Kier molecular flexibility index (Phi) is 2.87. The van der Waals surface area contributed by atoms with Crippen LogP contribution in [0.25, 0.3) is 11.6 Å². The molecule has 1 aliphatic heterocycles. The van der Waals surface area contributed by atoms with Crippen molar-refractivity contribution in [3.05, 3.63) is 18.4 Å². The van der Waals surface area contributed by atoms with Gasteiger partial charge in [-0.25, -0.2) is 4.68 Å². The Balaban J connectivity index is 1.77. The van der Waals surface area contributed by atoms with Crippen molar-refractivity contribution in [3.63, 3.8) is 0 Å². The molecule has 0 spiro atoms. The van der Waals surface area contributed by atoms with E-state index < -0.39 is 0 Å². The van der Waals surface area contributed by atoms with E-state index in [9.17, 15) is 0 Å².